The maximum Gasteiger partial charge on any atom is 0.416 e. The van der Waals surface area contributed by atoms with Crippen molar-refractivity contribution in [3.05, 3.63) is 77.2 Å². The topological polar surface area (TPSA) is 72.0 Å². The van der Waals surface area contributed by atoms with Crippen LogP contribution in [0, 0.1) is 0 Å². The predicted octanol–water partition coefficient (Wildman–Crippen LogP) is 4.29. The van der Waals surface area contributed by atoms with E-state index in [1.807, 2.05) is 30.3 Å². The number of hydrogen-bond donors (Lipinski definition) is 1. The van der Waals surface area contributed by atoms with E-state index in [1.165, 1.54) is 6.33 Å². The molecule has 1 N–H and O–H groups in total. The minimum atomic E-state index is -4.69. The number of benzene rings is 2. The normalized spacial score (nSPS) is 12.1. The van der Waals surface area contributed by atoms with Crippen LogP contribution >= 0.6 is 11.6 Å². The van der Waals surface area contributed by atoms with Gasteiger partial charge in [-0.2, -0.15) is 13.2 Å². The molecule has 0 aliphatic heterocycles. The zero-order valence-electron chi connectivity index (χ0n) is 14.1. The maximum atomic E-state index is 12.9. The second-order valence-electron chi connectivity index (χ2n) is 5.73. The summed E-state index contributed by atoms with van der Waals surface area (Å²) in [6.07, 6.45) is -3.41. The van der Waals surface area contributed by atoms with Gasteiger partial charge < -0.3 is 0 Å². The van der Waals surface area contributed by atoms with E-state index in [1.54, 1.807) is 6.07 Å². The Labute approximate surface area is 164 Å². The lowest BCUT2D eigenvalue weighted by Crippen LogP contribution is -2.24. The van der Waals surface area contributed by atoms with Crippen molar-refractivity contribution in [1.82, 2.24) is 14.7 Å². The average molecular weight is 428 g/mol. The van der Waals surface area contributed by atoms with Crippen LogP contribution in [0.4, 0.5) is 13.2 Å². The molecule has 0 unspecified atom stereocenters. The van der Waals surface area contributed by atoms with Crippen molar-refractivity contribution in [3.8, 4) is 11.3 Å². The summed E-state index contributed by atoms with van der Waals surface area (Å²) in [5, 5.41) is -0.312. The van der Waals surface area contributed by atoms with Crippen LogP contribution in [-0.4, -0.2) is 18.4 Å². The van der Waals surface area contributed by atoms with Crippen LogP contribution in [0.5, 0.6) is 0 Å². The van der Waals surface area contributed by atoms with Crippen LogP contribution in [0.1, 0.15) is 11.3 Å². The smallest absolute Gasteiger partial charge is 0.240 e. The van der Waals surface area contributed by atoms with E-state index in [0.29, 0.717) is 17.5 Å². The summed E-state index contributed by atoms with van der Waals surface area (Å²) in [4.78, 5) is 7.47. The third kappa shape index (κ3) is 4.67. The molecule has 2 aromatic carbocycles. The molecule has 3 aromatic rings. The van der Waals surface area contributed by atoms with Gasteiger partial charge in [0.2, 0.25) is 10.0 Å². The van der Waals surface area contributed by atoms with Crippen LogP contribution in [0.2, 0.25) is 5.02 Å². The lowest BCUT2D eigenvalue weighted by Gasteiger charge is -2.12. The van der Waals surface area contributed by atoms with E-state index >= 15 is 0 Å². The van der Waals surface area contributed by atoms with Crippen LogP contribution < -0.4 is 4.72 Å². The third-order valence-corrected chi connectivity index (χ3v) is 5.67. The molecule has 0 bridgehead atoms. The van der Waals surface area contributed by atoms with Crippen molar-refractivity contribution in [3.63, 3.8) is 0 Å². The molecule has 0 fully saturated rings. The Hall–Kier alpha value is -2.49. The Kier molecular flexibility index (Phi) is 5.69. The Bertz CT molecular complexity index is 1090. The largest absolute Gasteiger partial charge is 0.416 e. The molecule has 1 heterocycles. The molecule has 3 rings (SSSR count). The quantitative estimate of drug-likeness (QED) is 0.659. The van der Waals surface area contributed by atoms with Gasteiger partial charge in [0.1, 0.15) is 11.2 Å². The SMILES string of the molecule is O=S(=O)(NCc1cc(-c2ccccc2)ncn1)c1cc(C(F)(F)F)ccc1Cl. The zero-order valence-corrected chi connectivity index (χ0v) is 15.7. The molecule has 0 saturated carbocycles. The van der Waals surface area contributed by atoms with Gasteiger partial charge in [-0.25, -0.2) is 23.1 Å². The van der Waals surface area contributed by atoms with E-state index in [-0.39, 0.29) is 11.6 Å². The van der Waals surface area contributed by atoms with Gasteiger partial charge in [-0.15, -0.1) is 0 Å². The molecular formula is C18H13ClF3N3O2S. The molecule has 1 aromatic heterocycles. The monoisotopic (exact) mass is 427 g/mol. The van der Waals surface area contributed by atoms with Gasteiger partial charge in [-0.1, -0.05) is 41.9 Å². The highest BCUT2D eigenvalue weighted by Gasteiger charge is 2.32. The highest BCUT2D eigenvalue weighted by Crippen LogP contribution is 2.33. The molecule has 0 saturated heterocycles. The highest BCUT2D eigenvalue weighted by atomic mass is 35.5. The number of hydrogen-bond acceptors (Lipinski definition) is 4. The molecule has 0 aliphatic carbocycles. The van der Waals surface area contributed by atoms with Gasteiger partial charge in [-0.3, -0.25) is 0 Å². The minimum absolute atomic E-state index is 0.239. The number of aromatic nitrogens is 2. The van der Waals surface area contributed by atoms with Crippen molar-refractivity contribution >= 4 is 21.6 Å². The van der Waals surface area contributed by atoms with Crippen LogP contribution in [-0.2, 0) is 22.7 Å². The first-order valence-corrected chi connectivity index (χ1v) is 9.76. The number of nitrogens with one attached hydrogen (secondary N) is 1. The average Bonchev–Trinajstić information content (AvgIpc) is 2.67. The molecule has 146 valence electrons. The fourth-order valence-electron chi connectivity index (χ4n) is 2.39. The van der Waals surface area contributed by atoms with E-state index < -0.39 is 26.7 Å². The van der Waals surface area contributed by atoms with Gasteiger partial charge >= 0.3 is 6.18 Å². The molecule has 0 aliphatic rings. The fourth-order valence-corrected chi connectivity index (χ4v) is 3.92. The molecule has 10 heteroatoms. The van der Waals surface area contributed by atoms with Gasteiger partial charge in [0.15, 0.2) is 0 Å². The number of alkyl halides is 3. The van der Waals surface area contributed by atoms with Crippen molar-refractivity contribution < 1.29 is 21.6 Å². The molecule has 0 radical (unpaired) electrons. The highest BCUT2D eigenvalue weighted by molar-refractivity contribution is 7.89. The van der Waals surface area contributed by atoms with Crippen LogP contribution in [0.25, 0.3) is 11.3 Å². The van der Waals surface area contributed by atoms with E-state index in [4.69, 9.17) is 11.6 Å². The number of nitrogens with zero attached hydrogens (tertiary/aromatic N) is 2. The third-order valence-electron chi connectivity index (χ3n) is 3.78. The maximum absolute atomic E-state index is 12.9. The summed E-state index contributed by atoms with van der Waals surface area (Å²) in [5.74, 6) is 0. The Morgan fingerprint density at radius 1 is 1.00 bits per heavy atom. The standard InChI is InChI=1S/C18H13ClF3N3O2S/c19-15-7-6-13(18(20,21)22)8-17(15)28(26,27)25-10-14-9-16(24-11-23-14)12-4-2-1-3-5-12/h1-9,11,25H,10H2. The molecule has 0 atom stereocenters. The first-order valence-electron chi connectivity index (χ1n) is 7.89. The van der Waals surface area contributed by atoms with Crippen LogP contribution in [0.15, 0.2) is 65.8 Å². The number of halogens is 4. The molecule has 0 amide bonds. The molecular weight excluding hydrogens is 415 g/mol. The van der Waals surface area contributed by atoms with Gasteiger partial charge in [0.05, 0.1) is 28.5 Å². The molecule has 28 heavy (non-hydrogen) atoms. The summed E-state index contributed by atoms with van der Waals surface area (Å²) in [6, 6.07) is 12.9. The number of rotatable bonds is 5. The summed E-state index contributed by atoms with van der Waals surface area (Å²) in [6.45, 7) is -0.239. The second-order valence-corrected chi connectivity index (χ2v) is 7.87. The minimum Gasteiger partial charge on any atom is -0.240 e. The fraction of sp³-hybridized carbons (Fsp3) is 0.111. The van der Waals surface area contributed by atoms with E-state index in [2.05, 4.69) is 14.7 Å². The van der Waals surface area contributed by atoms with Crippen molar-refractivity contribution in [1.29, 1.82) is 0 Å². The predicted molar refractivity (Wildman–Crippen MR) is 97.9 cm³/mol. The first-order chi connectivity index (χ1) is 13.2. The van der Waals surface area contributed by atoms with Crippen molar-refractivity contribution in [2.45, 2.75) is 17.6 Å². The Balaban J connectivity index is 1.83. The van der Waals surface area contributed by atoms with Gasteiger partial charge in [0, 0.05) is 5.56 Å². The van der Waals surface area contributed by atoms with E-state index in [0.717, 1.165) is 17.7 Å². The Morgan fingerprint density at radius 3 is 2.39 bits per heavy atom. The summed E-state index contributed by atoms with van der Waals surface area (Å²) in [5.41, 5.74) is 0.642. The number of sulfonamides is 1. The van der Waals surface area contributed by atoms with Crippen LogP contribution in [0.3, 0.4) is 0 Å². The molecule has 0 spiro atoms. The van der Waals surface area contributed by atoms with Gasteiger partial charge in [0.25, 0.3) is 0 Å². The Morgan fingerprint density at radius 2 is 1.71 bits per heavy atom. The molecule has 5 nitrogen and oxygen atoms in total. The zero-order chi connectivity index (χ0) is 20.4. The van der Waals surface area contributed by atoms with E-state index in [9.17, 15) is 21.6 Å². The first kappa shape index (κ1) is 20.2. The second kappa shape index (κ2) is 7.86. The van der Waals surface area contributed by atoms with Crippen molar-refractivity contribution in [2.75, 3.05) is 0 Å². The lowest BCUT2D eigenvalue weighted by molar-refractivity contribution is -0.137. The summed E-state index contributed by atoms with van der Waals surface area (Å²) >= 11 is 5.81. The van der Waals surface area contributed by atoms with Crippen molar-refractivity contribution in [2.24, 2.45) is 0 Å². The lowest BCUT2D eigenvalue weighted by atomic mass is 10.1. The van der Waals surface area contributed by atoms with Gasteiger partial charge in [-0.05, 0) is 24.3 Å². The summed E-state index contributed by atoms with van der Waals surface area (Å²) in [7, 11) is -4.29. The summed E-state index contributed by atoms with van der Waals surface area (Å²) < 4.78 is 65.7.